The Morgan fingerprint density at radius 1 is 1.05 bits per heavy atom. The van der Waals surface area contributed by atoms with Crippen molar-refractivity contribution in [2.24, 2.45) is 11.7 Å². The van der Waals surface area contributed by atoms with Gasteiger partial charge < -0.3 is 51.9 Å². The van der Waals surface area contributed by atoms with Gasteiger partial charge in [0.1, 0.15) is 25.4 Å². The van der Waals surface area contributed by atoms with Gasteiger partial charge in [-0.15, -0.1) is 0 Å². The average Bonchev–Trinajstić information content (AvgIpc) is 2.88. The van der Waals surface area contributed by atoms with Gasteiger partial charge in [0, 0.05) is 37.2 Å². The summed E-state index contributed by atoms with van der Waals surface area (Å²) in [6.45, 7) is 5.36. The zero-order valence-electron chi connectivity index (χ0n) is 25.4. The summed E-state index contributed by atoms with van der Waals surface area (Å²) in [5.74, 6) is -9.81. The number of nitrogens with zero attached hydrogens (tertiary/aromatic N) is 2. The maximum absolute atomic E-state index is 13.6. The Morgan fingerprint density at radius 3 is 2.11 bits per heavy atom. The number of carboxylic acid groups (broad SMARTS) is 1. The molecule has 2 aliphatic rings. The van der Waals surface area contributed by atoms with E-state index in [0.717, 1.165) is 0 Å². The fourth-order valence-corrected chi connectivity index (χ4v) is 5.22. The molecule has 15 nitrogen and oxygen atoms in total. The molecule has 15 heteroatoms. The van der Waals surface area contributed by atoms with Gasteiger partial charge in [-0.25, -0.2) is 9.37 Å². The number of phenolic OH excluding ortho intramolecular Hbond substituents is 1. The Balaban J connectivity index is 2.20. The Labute approximate surface area is 252 Å². The molecule has 0 fully saturated rings. The Morgan fingerprint density at radius 2 is 1.64 bits per heavy atom. The first-order chi connectivity index (χ1) is 20.2. The van der Waals surface area contributed by atoms with Crippen molar-refractivity contribution in [1.82, 2.24) is 10.6 Å². The largest absolute Gasteiger partial charge is 0.507 e. The quantitative estimate of drug-likeness (QED) is 0.0768. The molecule has 0 bridgehead atoms. The topological polar surface area (TPSA) is 246 Å². The molecule has 44 heavy (non-hydrogen) atoms. The van der Waals surface area contributed by atoms with Crippen LogP contribution in [0.5, 0.6) is 17.2 Å². The Bertz CT molecular complexity index is 1590. The third-order valence-corrected chi connectivity index (χ3v) is 7.21. The summed E-state index contributed by atoms with van der Waals surface area (Å²) < 4.78 is 1.49. The van der Waals surface area contributed by atoms with E-state index < -0.39 is 87.3 Å². The first-order valence-electron chi connectivity index (χ1n) is 13.4. The van der Waals surface area contributed by atoms with Crippen LogP contribution in [0.15, 0.2) is 34.3 Å². The van der Waals surface area contributed by atoms with E-state index in [1.807, 2.05) is 20.8 Å². The van der Waals surface area contributed by atoms with Crippen molar-refractivity contribution in [1.29, 1.82) is 0 Å². The van der Waals surface area contributed by atoms with Crippen LogP contribution < -0.4 is 21.3 Å². The predicted octanol–water partition coefficient (Wildman–Crippen LogP) is -0.621. The van der Waals surface area contributed by atoms with E-state index in [4.69, 9.17) is 5.73 Å². The molecule has 2 aliphatic carbocycles. The average molecular weight is 617 g/mol. The fraction of sp³-hybridized carbons (Fsp3) is 0.414. The number of nitrogens with one attached hydrogen (secondary N) is 2. The highest BCUT2D eigenvalue weighted by atomic mass is 16.4. The lowest BCUT2D eigenvalue weighted by molar-refractivity contribution is -0.463. The van der Waals surface area contributed by atoms with Gasteiger partial charge in [0.25, 0.3) is 5.91 Å². The maximum Gasteiger partial charge on any atom is 0.335 e. The number of aliphatic hydroxyl groups is 2. The molecule has 2 atom stereocenters. The smallest absolute Gasteiger partial charge is 0.335 e. The third kappa shape index (κ3) is 6.09. The Kier molecular flexibility index (Phi) is 9.17. The van der Waals surface area contributed by atoms with Crippen LogP contribution in [0.4, 0.5) is 5.69 Å². The molecular weight excluding hydrogens is 578 g/mol. The summed E-state index contributed by atoms with van der Waals surface area (Å²) >= 11 is 0. The van der Waals surface area contributed by atoms with E-state index in [9.17, 15) is 49.8 Å². The molecular formula is C29H38N5O10+. The second-order valence-electron chi connectivity index (χ2n) is 11.9. The van der Waals surface area contributed by atoms with Crippen LogP contribution >= 0.6 is 0 Å². The zero-order chi connectivity index (χ0) is 33.6. The molecule has 0 aromatic heterocycles. The molecule has 1 aromatic carbocycles. The molecule has 0 saturated heterocycles. The molecule has 2 amide bonds. The summed E-state index contributed by atoms with van der Waals surface area (Å²) in [4.78, 5) is 51.9. The molecule has 0 aliphatic heterocycles. The number of hydrogen-bond acceptors (Lipinski definition) is 11. The van der Waals surface area contributed by atoms with Crippen molar-refractivity contribution in [3.05, 3.63) is 45.4 Å². The zero-order valence-corrected chi connectivity index (χ0v) is 25.4. The number of carbonyl (C=O) groups excluding carboxylic acids is 3. The number of aliphatic hydroxyl groups excluding tert-OH is 2. The van der Waals surface area contributed by atoms with Gasteiger partial charge in [0.05, 0.1) is 40.8 Å². The van der Waals surface area contributed by atoms with Crippen LogP contribution in [-0.2, 0) is 20.8 Å². The van der Waals surface area contributed by atoms with E-state index in [1.54, 1.807) is 14.1 Å². The molecule has 10 N–H and O–H groups in total. The van der Waals surface area contributed by atoms with Crippen LogP contribution in [0.25, 0.3) is 0 Å². The van der Waals surface area contributed by atoms with Crippen molar-refractivity contribution in [3.63, 3.8) is 0 Å². The fourth-order valence-electron chi connectivity index (χ4n) is 5.22. The van der Waals surface area contributed by atoms with Crippen LogP contribution in [-0.4, -0.2) is 111 Å². The number of primary amides is 1. The van der Waals surface area contributed by atoms with E-state index in [-0.39, 0.29) is 34.8 Å². The van der Waals surface area contributed by atoms with Gasteiger partial charge in [0.15, 0.2) is 17.2 Å². The third-order valence-electron chi connectivity index (χ3n) is 7.21. The number of amides is 2. The number of nitrogens with two attached hydrogens (primary N) is 1. The van der Waals surface area contributed by atoms with E-state index in [1.165, 1.54) is 29.6 Å². The molecule has 0 spiro atoms. The number of phenols is 3. The summed E-state index contributed by atoms with van der Waals surface area (Å²) in [5, 5.41) is 70.7. The number of aliphatic carboxylic acids is 1. The summed E-state index contributed by atoms with van der Waals surface area (Å²) in [6.07, 6.45) is -1.11. The van der Waals surface area contributed by atoms with E-state index >= 15 is 0 Å². The number of anilines is 1. The first kappa shape index (κ1) is 33.6. The molecule has 0 saturated carbocycles. The highest BCUT2D eigenvalue weighted by Gasteiger charge is 2.48. The first-order valence-corrected chi connectivity index (χ1v) is 13.4. The summed E-state index contributed by atoms with van der Waals surface area (Å²) in [6, 6.07) is 0. The lowest BCUT2D eigenvalue weighted by atomic mass is 9.72. The van der Waals surface area contributed by atoms with Crippen LogP contribution in [0.2, 0.25) is 0 Å². The second kappa shape index (κ2) is 12.0. The highest BCUT2D eigenvalue weighted by molar-refractivity contribution is 6.26. The number of hydrogen-bond donors (Lipinski definition) is 9. The standard InChI is InChI=1S/C29H37N5O10/c1-29(2,3)31-10-15(35)32-13-9-14(33(4)5)17-18(23(13)38)24(39)16(28(43)44)11(21(17)36)8-12-20(34(6)7)25(40)19(27(30)42)26(41)22(12)37/h9,11,21,31,36H,8,10H2,1-7H3,(H7,30,32,35,37,38,39,40,41,42,43,44)/p+1/t11-,21+/m0/s1. The number of aromatic hydroxyl groups is 3. The number of benzene rings is 1. The number of carboxylic acids is 1. The van der Waals surface area contributed by atoms with Crippen LogP contribution in [0, 0.1) is 5.92 Å². The molecule has 0 heterocycles. The summed E-state index contributed by atoms with van der Waals surface area (Å²) in [5.41, 5.74) is 2.01. The van der Waals surface area contributed by atoms with E-state index in [2.05, 4.69) is 10.6 Å². The predicted molar refractivity (Wildman–Crippen MR) is 158 cm³/mol. The number of carbonyl (C=O) groups is 4. The molecule has 0 radical (unpaired) electrons. The van der Waals surface area contributed by atoms with Crippen molar-refractivity contribution >= 4 is 35.0 Å². The number of allylic oxidation sites excluding steroid dienone is 3. The normalized spacial score (nSPS) is 18.6. The van der Waals surface area contributed by atoms with Gasteiger partial charge in [-0.3, -0.25) is 14.4 Å². The van der Waals surface area contributed by atoms with Crippen molar-refractivity contribution in [2.75, 3.05) is 39.6 Å². The minimum absolute atomic E-state index is 0.147. The number of rotatable bonds is 8. The van der Waals surface area contributed by atoms with Gasteiger partial charge in [0.2, 0.25) is 17.4 Å². The van der Waals surface area contributed by atoms with Crippen molar-refractivity contribution in [3.8, 4) is 17.2 Å². The highest BCUT2D eigenvalue weighted by Crippen LogP contribution is 2.49. The molecule has 0 unspecified atom stereocenters. The lowest BCUT2D eigenvalue weighted by Crippen LogP contribution is -2.46. The number of Topliss-reactive ketones (excluding diaryl/α,β-unsaturated/α-hetero) is 1. The van der Waals surface area contributed by atoms with Gasteiger partial charge in [-0.2, -0.15) is 0 Å². The van der Waals surface area contributed by atoms with Gasteiger partial charge >= 0.3 is 5.97 Å². The van der Waals surface area contributed by atoms with Crippen LogP contribution in [0.3, 0.4) is 0 Å². The van der Waals surface area contributed by atoms with Crippen LogP contribution in [0.1, 0.15) is 36.7 Å². The lowest BCUT2D eigenvalue weighted by Gasteiger charge is -2.34. The second-order valence-corrected chi connectivity index (χ2v) is 11.9. The maximum atomic E-state index is 13.6. The summed E-state index contributed by atoms with van der Waals surface area (Å²) in [7, 11) is 5.99. The monoisotopic (exact) mass is 616 g/mol. The van der Waals surface area contributed by atoms with Gasteiger partial charge in [-0.1, -0.05) is 0 Å². The van der Waals surface area contributed by atoms with Crippen molar-refractivity contribution < 1.29 is 54.4 Å². The van der Waals surface area contributed by atoms with E-state index in [0.29, 0.717) is 0 Å². The number of ketones is 1. The molecule has 238 valence electrons. The minimum Gasteiger partial charge on any atom is -0.507 e. The minimum atomic E-state index is -1.79. The molecule has 1 aromatic rings. The SMILES string of the molecule is CN(C)c1c(O)c(C(N)=O)c(O)c(O)c1C[C@H]1C(C(=O)O)=C(O)C2=C(C(=[N+](C)C)C=C(NC(=O)CNC(C)(C)C)C2=O)[C@@H]1O. The molecule has 3 rings (SSSR count). The van der Waals surface area contributed by atoms with Crippen molar-refractivity contribution in [2.45, 2.75) is 38.8 Å². The van der Waals surface area contributed by atoms with Gasteiger partial charge in [-0.05, 0) is 27.2 Å². The Hall–Kier alpha value is -4.89.